The van der Waals surface area contributed by atoms with Crippen LogP contribution in [0.4, 0.5) is 10.1 Å². The first-order chi connectivity index (χ1) is 8.13. The molecule has 1 fully saturated rings. The second-order valence-corrected chi connectivity index (χ2v) is 4.74. The first-order valence-electron chi connectivity index (χ1n) is 5.88. The maximum Gasteiger partial charge on any atom is 0.125 e. The molecule has 0 bridgehead atoms. The molecule has 1 aliphatic heterocycles. The summed E-state index contributed by atoms with van der Waals surface area (Å²) in [6.07, 6.45) is 1.74. The summed E-state index contributed by atoms with van der Waals surface area (Å²) in [5, 5.41) is 12.7. The summed E-state index contributed by atoms with van der Waals surface area (Å²) in [5.41, 5.74) is 1.08. The zero-order valence-electron chi connectivity index (χ0n) is 10.0. The molecule has 1 aromatic carbocycles. The number of ether oxygens (including phenoxy) is 1. The highest BCUT2D eigenvalue weighted by Crippen LogP contribution is 2.25. The van der Waals surface area contributed by atoms with Gasteiger partial charge in [0.05, 0.1) is 18.8 Å². The molecule has 2 rings (SSSR count). The minimum Gasteiger partial charge on any atom is -0.394 e. The first kappa shape index (κ1) is 12.3. The highest BCUT2D eigenvalue weighted by molar-refractivity contribution is 5.48. The Hall–Kier alpha value is -1.13. The summed E-state index contributed by atoms with van der Waals surface area (Å²) in [6.45, 7) is 3.02. The normalized spacial score (nSPS) is 24.6. The van der Waals surface area contributed by atoms with E-state index in [0.29, 0.717) is 12.3 Å². The van der Waals surface area contributed by atoms with Gasteiger partial charge >= 0.3 is 0 Å². The van der Waals surface area contributed by atoms with Crippen molar-refractivity contribution < 1.29 is 14.2 Å². The lowest BCUT2D eigenvalue weighted by atomic mass is 9.93. The van der Waals surface area contributed by atoms with Crippen molar-refractivity contribution >= 4 is 5.69 Å². The van der Waals surface area contributed by atoms with Gasteiger partial charge in [-0.2, -0.15) is 0 Å². The van der Waals surface area contributed by atoms with E-state index in [2.05, 4.69) is 5.32 Å². The molecule has 1 aliphatic rings. The number of hydrogen-bond acceptors (Lipinski definition) is 3. The molecular formula is C13H18FNO2. The van der Waals surface area contributed by atoms with Crippen LogP contribution in [0, 0.1) is 12.7 Å². The van der Waals surface area contributed by atoms with E-state index < -0.39 is 5.54 Å². The lowest BCUT2D eigenvalue weighted by Crippen LogP contribution is -2.49. The zero-order valence-corrected chi connectivity index (χ0v) is 10.0. The standard InChI is InChI=1S/C13H18FNO2/c1-10-5-11(14)7-12(6-10)15-13(8-16)3-2-4-17-9-13/h5-7,15-16H,2-4,8-9H2,1H3. The van der Waals surface area contributed by atoms with E-state index in [1.807, 2.05) is 13.0 Å². The predicted molar refractivity (Wildman–Crippen MR) is 64.6 cm³/mol. The highest BCUT2D eigenvalue weighted by atomic mass is 19.1. The lowest BCUT2D eigenvalue weighted by molar-refractivity contribution is 0.0217. The van der Waals surface area contributed by atoms with Crippen LogP contribution in [-0.2, 0) is 4.74 Å². The maximum atomic E-state index is 13.3. The van der Waals surface area contributed by atoms with Crippen LogP contribution in [0.5, 0.6) is 0 Å². The third-order valence-electron chi connectivity index (χ3n) is 3.08. The third-order valence-corrected chi connectivity index (χ3v) is 3.08. The molecule has 0 amide bonds. The van der Waals surface area contributed by atoms with E-state index in [9.17, 15) is 9.50 Å². The summed E-state index contributed by atoms with van der Waals surface area (Å²) in [6, 6.07) is 4.79. The Morgan fingerprint density at radius 2 is 2.29 bits per heavy atom. The van der Waals surface area contributed by atoms with Crippen molar-refractivity contribution in [1.29, 1.82) is 0 Å². The monoisotopic (exact) mass is 239 g/mol. The van der Waals surface area contributed by atoms with Gasteiger partial charge in [-0.25, -0.2) is 4.39 Å². The molecule has 4 heteroatoms. The highest BCUT2D eigenvalue weighted by Gasteiger charge is 2.32. The molecule has 3 nitrogen and oxygen atoms in total. The van der Waals surface area contributed by atoms with Gasteiger partial charge in [0.25, 0.3) is 0 Å². The van der Waals surface area contributed by atoms with Crippen molar-refractivity contribution in [3.05, 3.63) is 29.6 Å². The first-order valence-corrected chi connectivity index (χ1v) is 5.88. The Bertz CT molecular complexity index is 369. The maximum absolute atomic E-state index is 13.3. The van der Waals surface area contributed by atoms with E-state index in [0.717, 1.165) is 25.0 Å². The lowest BCUT2D eigenvalue weighted by Gasteiger charge is -2.37. The second-order valence-electron chi connectivity index (χ2n) is 4.74. The van der Waals surface area contributed by atoms with Gasteiger partial charge in [-0.15, -0.1) is 0 Å². The molecular weight excluding hydrogens is 221 g/mol. The molecule has 1 heterocycles. The third kappa shape index (κ3) is 2.96. The number of aliphatic hydroxyl groups excluding tert-OH is 1. The Morgan fingerprint density at radius 3 is 2.88 bits per heavy atom. The number of halogens is 1. The number of hydrogen-bond donors (Lipinski definition) is 2. The molecule has 1 atom stereocenters. The average Bonchev–Trinajstić information content (AvgIpc) is 2.29. The van der Waals surface area contributed by atoms with E-state index in [4.69, 9.17) is 4.74 Å². The smallest absolute Gasteiger partial charge is 0.125 e. The van der Waals surface area contributed by atoms with Crippen molar-refractivity contribution in [3.8, 4) is 0 Å². The largest absolute Gasteiger partial charge is 0.394 e. The molecule has 0 radical (unpaired) electrons. The summed E-state index contributed by atoms with van der Waals surface area (Å²) in [4.78, 5) is 0. The summed E-state index contributed by atoms with van der Waals surface area (Å²) >= 11 is 0. The van der Waals surface area contributed by atoms with Crippen molar-refractivity contribution in [2.24, 2.45) is 0 Å². The number of rotatable bonds is 3. The van der Waals surface area contributed by atoms with Gasteiger partial charge in [0, 0.05) is 12.3 Å². The Kier molecular flexibility index (Phi) is 3.64. The Labute approximate surface area is 101 Å². The van der Waals surface area contributed by atoms with Crippen LogP contribution in [0.25, 0.3) is 0 Å². The van der Waals surface area contributed by atoms with Crippen LogP contribution >= 0.6 is 0 Å². The number of aliphatic hydroxyl groups is 1. The van der Waals surface area contributed by atoms with Gasteiger partial charge in [-0.05, 0) is 43.5 Å². The van der Waals surface area contributed by atoms with Gasteiger partial charge < -0.3 is 15.2 Å². The number of benzene rings is 1. The molecule has 1 unspecified atom stereocenters. The van der Waals surface area contributed by atoms with E-state index in [-0.39, 0.29) is 12.4 Å². The predicted octanol–water partition coefficient (Wildman–Crippen LogP) is 2.09. The van der Waals surface area contributed by atoms with Crippen LogP contribution in [0.1, 0.15) is 18.4 Å². The molecule has 0 saturated carbocycles. The van der Waals surface area contributed by atoms with Crippen molar-refractivity contribution in [2.45, 2.75) is 25.3 Å². The summed E-state index contributed by atoms with van der Waals surface area (Å²) < 4.78 is 18.7. The Balaban J connectivity index is 2.17. The van der Waals surface area contributed by atoms with Gasteiger partial charge in [0.1, 0.15) is 5.82 Å². The van der Waals surface area contributed by atoms with E-state index >= 15 is 0 Å². The molecule has 1 saturated heterocycles. The fraction of sp³-hybridized carbons (Fsp3) is 0.538. The molecule has 0 aromatic heterocycles. The van der Waals surface area contributed by atoms with Gasteiger partial charge in [0.15, 0.2) is 0 Å². The number of anilines is 1. The molecule has 2 N–H and O–H groups in total. The molecule has 94 valence electrons. The fourth-order valence-electron chi connectivity index (χ4n) is 2.23. The van der Waals surface area contributed by atoms with Crippen molar-refractivity contribution in [1.82, 2.24) is 0 Å². The molecule has 0 spiro atoms. The van der Waals surface area contributed by atoms with Crippen LogP contribution in [0.15, 0.2) is 18.2 Å². The van der Waals surface area contributed by atoms with Crippen LogP contribution in [0.3, 0.4) is 0 Å². The minimum absolute atomic E-state index is 0.0113. The quantitative estimate of drug-likeness (QED) is 0.848. The molecule has 1 aromatic rings. The van der Waals surface area contributed by atoms with Crippen molar-refractivity contribution in [2.75, 3.05) is 25.1 Å². The second kappa shape index (κ2) is 5.02. The van der Waals surface area contributed by atoms with E-state index in [1.54, 1.807) is 0 Å². The number of aryl methyl sites for hydroxylation is 1. The molecule has 0 aliphatic carbocycles. The van der Waals surface area contributed by atoms with E-state index in [1.165, 1.54) is 12.1 Å². The zero-order chi connectivity index (χ0) is 12.3. The topological polar surface area (TPSA) is 41.5 Å². The van der Waals surface area contributed by atoms with Crippen LogP contribution in [-0.4, -0.2) is 30.5 Å². The fourth-order valence-corrected chi connectivity index (χ4v) is 2.23. The number of nitrogens with one attached hydrogen (secondary N) is 1. The SMILES string of the molecule is Cc1cc(F)cc(NC2(CO)CCCOC2)c1. The minimum atomic E-state index is -0.474. The summed E-state index contributed by atoms with van der Waals surface area (Å²) in [7, 11) is 0. The van der Waals surface area contributed by atoms with Crippen LogP contribution < -0.4 is 5.32 Å². The average molecular weight is 239 g/mol. The van der Waals surface area contributed by atoms with Crippen LogP contribution in [0.2, 0.25) is 0 Å². The van der Waals surface area contributed by atoms with Gasteiger partial charge in [0.2, 0.25) is 0 Å². The summed E-state index contributed by atoms with van der Waals surface area (Å²) in [5.74, 6) is -0.266. The Morgan fingerprint density at radius 1 is 1.47 bits per heavy atom. The molecule has 17 heavy (non-hydrogen) atoms. The van der Waals surface area contributed by atoms with Crippen molar-refractivity contribution in [3.63, 3.8) is 0 Å². The van der Waals surface area contributed by atoms with Gasteiger partial charge in [-0.1, -0.05) is 0 Å². The van der Waals surface area contributed by atoms with Gasteiger partial charge in [-0.3, -0.25) is 0 Å².